The van der Waals surface area contributed by atoms with Crippen LogP contribution in [0, 0.1) is 5.92 Å². The summed E-state index contributed by atoms with van der Waals surface area (Å²) in [6.45, 7) is 0. The third kappa shape index (κ3) is 3.10. The molecule has 4 heteroatoms. The van der Waals surface area contributed by atoms with Crippen LogP contribution in [0.15, 0.2) is 30.3 Å². The van der Waals surface area contributed by atoms with Gasteiger partial charge in [-0.2, -0.15) is 0 Å². The molecule has 3 nitrogen and oxygen atoms in total. The molecule has 1 amide bonds. The van der Waals surface area contributed by atoms with Gasteiger partial charge in [0.15, 0.2) is 0 Å². The Morgan fingerprint density at radius 2 is 1.78 bits per heavy atom. The molecule has 96 valence electrons. The molecule has 1 saturated carbocycles. The summed E-state index contributed by atoms with van der Waals surface area (Å²) in [6, 6.07) is 8.89. The summed E-state index contributed by atoms with van der Waals surface area (Å²) in [5.74, 6) is -0.376. The van der Waals surface area contributed by atoms with E-state index in [1.807, 2.05) is 18.2 Å². The summed E-state index contributed by atoms with van der Waals surface area (Å²) >= 11 is 5.59. The van der Waals surface area contributed by atoms with E-state index in [2.05, 4.69) is 5.32 Å². The zero-order valence-corrected chi connectivity index (χ0v) is 10.8. The molecule has 0 radical (unpaired) electrons. The van der Waals surface area contributed by atoms with Gasteiger partial charge in [0.25, 0.3) is 5.91 Å². The molecule has 0 heterocycles. The van der Waals surface area contributed by atoms with Crippen LogP contribution in [0.5, 0.6) is 0 Å². The van der Waals surface area contributed by atoms with Crippen molar-refractivity contribution in [1.82, 2.24) is 5.32 Å². The van der Waals surface area contributed by atoms with Crippen molar-refractivity contribution in [3.63, 3.8) is 0 Å². The molecule has 1 aliphatic rings. The molecule has 2 rings (SSSR count). The highest BCUT2D eigenvalue weighted by Crippen LogP contribution is 2.26. The molecule has 1 fully saturated rings. The molecule has 18 heavy (non-hydrogen) atoms. The second-order valence-electron chi connectivity index (χ2n) is 4.64. The second-order valence-corrected chi connectivity index (χ2v) is 5.01. The maximum Gasteiger partial charge on any atom is 0.251 e. The molecule has 0 unspecified atom stereocenters. The van der Waals surface area contributed by atoms with Crippen LogP contribution >= 0.6 is 11.6 Å². The van der Waals surface area contributed by atoms with Gasteiger partial charge in [-0.1, -0.05) is 31.0 Å². The first-order valence-electron chi connectivity index (χ1n) is 6.24. The van der Waals surface area contributed by atoms with E-state index in [-0.39, 0.29) is 23.1 Å². The van der Waals surface area contributed by atoms with Crippen molar-refractivity contribution in [2.24, 2.45) is 5.92 Å². The summed E-state index contributed by atoms with van der Waals surface area (Å²) < 4.78 is 0. The van der Waals surface area contributed by atoms with E-state index in [0.29, 0.717) is 5.56 Å². The molecule has 2 atom stereocenters. The number of hydrogen-bond donors (Lipinski definition) is 1. The van der Waals surface area contributed by atoms with Gasteiger partial charge in [-0.25, -0.2) is 0 Å². The van der Waals surface area contributed by atoms with Gasteiger partial charge < -0.3 is 5.32 Å². The quantitative estimate of drug-likeness (QED) is 0.854. The topological polar surface area (TPSA) is 46.2 Å². The number of nitrogens with one attached hydrogen (secondary N) is 1. The van der Waals surface area contributed by atoms with Crippen LogP contribution < -0.4 is 5.32 Å². The van der Waals surface area contributed by atoms with E-state index in [4.69, 9.17) is 11.6 Å². The van der Waals surface area contributed by atoms with Crippen LogP contribution in [-0.4, -0.2) is 17.2 Å². The average Bonchev–Trinajstić information content (AvgIpc) is 2.40. The van der Waals surface area contributed by atoms with Crippen LogP contribution in [0.25, 0.3) is 0 Å². The molecule has 0 aliphatic heterocycles. The minimum Gasteiger partial charge on any atom is -0.349 e. The predicted octanol–water partition coefficient (Wildman–Crippen LogP) is 2.74. The van der Waals surface area contributed by atoms with E-state index in [0.717, 1.165) is 25.7 Å². The van der Waals surface area contributed by atoms with Crippen molar-refractivity contribution in [1.29, 1.82) is 0 Å². The lowest BCUT2D eigenvalue weighted by atomic mass is 9.85. The molecule has 0 saturated heterocycles. The third-order valence-corrected chi connectivity index (χ3v) is 3.69. The fourth-order valence-electron chi connectivity index (χ4n) is 2.42. The molecule has 0 bridgehead atoms. The minimum absolute atomic E-state index is 0.128. The van der Waals surface area contributed by atoms with Crippen LogP contribution in [0.1, 0.15) is 36.0 Å². The Morgan fingerprint density at radius 3 is 2.44 bits per heavy atom. The smallest absolute Gasteiger partial charge is 0.251 e. The summed E-state index contributed by atoms with van der Waals surface area (Å²) in [5.41, 5.74) is 0.615. The van der Waals surface area contributed by atoms with E-state index in [1.165, 1.54) is 0 Å². The lowest BCUT2D eigenvalue weighted by molar-refractivity contribution is -0.116. The molecule has 1 N–H and O–H groups in total. The number of benzene rings is 1. The number of hydrogen-bond acceptors (Lipinski definition) is 2. The fraction of sp³-hybridized carbons (Fsp3) is 0.429. The van der Waals surface area contributed by atoms with Crippen molar-refractivity contribution in [2.75, 3.05) is 0 Å². The highest BCUT2D eigenvalue weighted by Gasteiger charge is 2.31. The van der Waals surface area contributed by atoms with E-state index in [9.17, 15) is 9.59 Å². The first-order valence-corrected chi connectivity index (χ1v) is 6.61. The van der Waals surface area contributed by atoms with Crippen molar-refractivity contribution in [2.45, 2.75) is 31.7 Å². The Bertz CT molecular complexity index is 433. The fourth-order valence-corrected chi connectivity index (χ4v) is 2.68. The zero-order valence-electron chi connectivity index (χ0n) is 10.1. The largest absolute Gasteiger partial charge is 0.349 e. The van der Waals surface area contributed by atoms with Crippen LogP contribution in [-0.2, 0) is 4.79 Å². The van der Waals surface area contributed by atoms with Crippen LogP contribution in [0.4, 0.5) is 0 Å². The normalized spacial score (nSPS) is 23.4. The zero-order chi connectivity index (χ0) is 13.0. The monoisotopic (exact) mass is 265 g/mol. The Hall–Kier alpha value is -1.35. The lowest BCUT2D eigenvalue weighted by Crippen LogP contribution is -2.44. The molecule has 1 aromatic rings. The highest BCUT2D eigenvalue weighted by molar-refractivity contribution is 6.64. The molecular formula is C14H16ClNO2. The summed E-state index contributed by atoms with van der Waals surface area (Å²) in [6.07, 6.45) is 3.62. The summed E-state index contributed by atoms with van der Waals surface area (Å²) in [7, 11) is 0. The van der Waals surface area contributed by atoms with E-state index < -0.39 is 0 Å². The first-order chi connectivity index (χ1) is 8.68. The molecular weight excluding hydrogens is 250 g/mol. The summed E-state index contributed by atoms with van der Waals surface area (Å²) in [4.78, 5) is 23.4. The molecule has 0 spiro atoms. The molecule has 1 aromatic carbocycles. The lowest BCUT2D eigenvalue weighted by Gasteiger charge is -2.29. The van der Waals surface area contributed by atoms with Gasteiger partial charge in [-0.3, -0.25) is 9.59 Å². The Balaban J connectivity index is 2.03. The number of carbonyl (C=O) groups excluding carboxylic acids is 2. The average molecular weight is 266 g/mol. The first kappa shape index (κ1) is 13.1. The van der Waals surface area contributed by atoms with Gasteiger partial charge in [0.2, 0.25) is 5.24 Å². The molecule has 1 aliphatic carbocycles. The highest BCUT2D eigenvalue weighted by atomic mass is 35.5. The Labute approximate surface area is 112 Å². The van der Waals surface area contributed by atoms with Crippen molar-refractivity contribution >= 4 is 22.8 Å². The van der Waals surface area contributed by atoms with Crippen molar-refractivity contribution in [3.05, 3.63) is 35.9 Å². The van der Waals surface area contributed by atoms with E-state index >= 15 is 0 Å². The Morgan fingerprint density at radius 1 is 1.11 bits per heavy atom. The van der Waals surface area contributed by atoms with Crippen molar-refractivity contribution < 1.29 is 9.59 Å². The van der Waals surface area contributed by atoms with Gasteiger partial charge in [-0.15, -0.1) is 0 Å². The number of rotatable bonds is 3. The number of carbonyl (C=O) groups is 2. The number of halogens is 1. The Kier molecular flexibility index (Phi) is 4.37. The van der Waals surface area contributed by atoms with Gasteiger partial charge in [-0.05, 0) is 36.6 Å². The maximum atomic E-state index is 12.0. The summed E-state index contributed by atoms with van der Waals surface area (Å²) in [5, 5.41) is 2.58. The van der Waals surface area contributed by atoms with Gasteiger partial charge >= 0.3 is 0 Å². The van der Waals surface area contributed by atoms with E-state index in [1.54, 1.807) is 12.1 Å². The molecule has 0 aromatic heterocycles. The predicted molar refractivity (Wildman–Crippen MR) is 70.5 cm³/mol. The number of amides is 1. The van der Waals surface area contributed by atoms with Gasteiger partial charge in [0.05, 0.1) is 5.92 Å². The third-order valence-electron chi connectivity index (χ3n) is 3.41. The van der Waals surface area contributed by atoms with Crippen LogP contribution in [0.3, 0.4) is 0 Å². The van der Waals surface area contributed by atoms with Crippen LogP contribution in [0.2, 0.25) is 0 Å². The van der Waals surface area contributed by atoms with Gasteiger partial charge in [0.1, 0.15) is 0 Å². The second kappa shape index (κ2) is 6.01. The SMILES string of the molecule is O=C(N[C@@H]1CCCC[C@@H]1C(=O)Cl)c1ccccc1. The maximum absolute atomic E-state index is 12.0. The van der Waals surface area contributed by atoms with Crippen molar-refractivity contribution in [3.8, 4) is 0 Å². The minimum atomic E-state index is -0.340. The van der Waals surface area contributed by atoms with Gasteiger partial charge in [0, 0.05) is 11.6 Å². The standard InChI is InChI=1S/C14H16ClNO2/c15-13(17)11-8-4-5-9-12(11)16-14(18)10-6-2-1-3-7-10/h1-3,6-7,11-12H,4-5,8-9H2,(H,16,18)/t11-,12+/m0/s1.